The van der Waals surface area contributed by atoms with E-state index in [2.05, 4.69) is 25.2 Å². The Kier molecular flexibility index (Phi) is 4.26. The molecular formula is C11H16ClN. The molecule has 0 saturated carbocycles. The maximum Gasteiger partial charge on any atom is 0.0409 e. The maximum atomic E-state index is 5.90. The lowest BCUT2D eigenvalue weighted by atomic mass is 10.1. The molecule has 0 aliphatic rings. The van der Waals surface area contributed by atoms with E-state index in [0.717, 1.165) is 18.0 Å². The molecule has 1 atom stereocenters. The van der Waals surface area contributed by atoms with Crippen LogP contribution in [-0.4, -0.2) is 6.54 Å². The molecule has 13 heavy (non-hydrogen) atoms. The summed E-state index contributed by atoms with van der Waals surface area (Å²) in [6, 6.07) is 8.38. The molecule has 1 aromatic carbocycles. The fraction of sp³-hybridized carbons (Fsp3) is 0.455. The number of halogens is 1. The van der Waals surface area contributed by atoms with Gasteiger partial charge in [-0.05, 0) is 37.6 Å². The lowest BCUT2D eigenvalue weighted by Gasteiger charge is -2.13. The molecule has 1 N–H and O–H groups in total. The largest absolute Gasteiger partial charge is 0.310 e. The summed E-state index contributed by atoms with van der Waals surface area (Å²) in [5.41, 5.74) is 1.25. The van der Waals surface area contributed by atoms with Gasteiger partial charge in [0.25, 0.3) is 0 Å². The molecule has 0 amide bonds. The molecule has 1 nitrogen and oxygen atoms in total. The molecule has 0 fully saturated rings. The van der Waals surface area contributed by atoms with Crippen LogP contribution in [0.5, 0.6) is 0 Å². The summed E-state index contributed by atoms with van der Waals surface area (Å²) in [7, 11) is 0. The van der Waals surface area contributed by atoms with Gasteiger partial charge in [-0.1, -0.05) is 30.7 Å². The van der Waals surface area contributed by atoms with Crippen molar-refractivity contribution in [2.45, 2.75) is 26.3 Å². The van der Waals surface area contributed by atoms with Gasteiger partial charge >= 0.3 is 0 Å². The second-order valence-corrected chi connectivity index (χ2v) is 3.67. The molecule has 0 saturated heterocycles. The first-order valence-electron chi connectivity index (χ1n) is 4.73. The van der Waals surface area contributed by atoms with E-state index >= 15 is 0 Å². The summed E-state index contributed by atoms with van der Waals surface area (Å²) in [4.78, 5) is 0. The van der Waals surface area contributed by atoms with E-state index in [1.54, 1.807) is 0 Å². The van der Waals surface area contributed by atoms with Crippen molar-refractivity contribution in [3.63, 3.8) is 0 Å². The molecule has 1 rings (SSSR count). The third kappa shape index (κ3) is 3.37. The van der Waals surface area contributed by atoms with Crippen molar-refractivity contribution in [3.05, 3.63) is 34.9 Å². The standard InChI is InChI=1S/C11H16ClN/c1-3-7-13-9(2)10-5-4-6-11(12)8-10/h4-6,8-9,13H,3,7H2,1-2H3/t9-/m0/s1. The van der Waals surface area contributed by atoms with Crippen LogP contribution in [0.1, 0.15) is 31.9 Å². The quantitative estimate of drug-likeness (QED) is 0.780. The smallest absolute Gasteiger partial charge is 0.0409 e. The highest BCUT2D eigenvalue weighted by Gasteiger charge is 2.03. The number of hydrogen-bond donors (Lipinski definition) is 1. The van der Waals surface area contributed by atoms with Crippen molar-refractivity contribution in [3.8, 4) is 0 Å². The second-order valence-electron chi connectivity index (χ2n) is 3.23. The van der Waals surface area contributed by atoms with E-state index < -0.39 is 0 Å². The predicted molar refractivity (Wildman–Crippen MR) is 58.2 cm³/mol. The van der Waals surface area contributed by atoms with Gasteiger partial charge in [-0.15, -0.1) is 0 Å². The van der Waals surface area contributed by atoms with Crippen molar-refractivity contribution in [2.75, 3.05) is 6.54 Å². The van der Waals surface area contributed by atoms with Crippen LogP contribution in [0.25, 0.3) is 0 Å². The number of hydrogen-bond acceptors (Lipinski definition) is 1. The Hall–Kier alpha value is -0.530. The molecule has 0 aliphatic carbocycles. The minimum atomic E-state index is 0.388. The molecule has 1 aromatic rings. The summed E-state index contributed by atoms with van der Waals surface area (Å²) in [5, 5.41) is 4.23. The minimum Gasteiger partial charge on any atom is -0.310 e. The highest BCUT2D eigenvalue weighted by atomic mass is 35.5. The molecule has 0 unspecified atom stereocenters. The number of benzene rings is 1. The summed E-state index contributed by atoms with van der Waals surface area (Å²) >= 11 is 5.90. The number of rotatable bonds is 4. The van der Waals surface area contributed by atoms with Gasteiger partial charge in [-0.3, -0.25) is 0 Å². The van der Waals surface area contributed by atoms with Crippen molar-refractivity contribution < 1.29 is 0 Å². The minimum absolute atomic E-state index is 0.388. The third-order valence-electron chi connectivity index (χ3n) is 2.05. The van der Waals surface area contributed by atoms with Gasteiger partial charge in [0.2, 0.25) is 0 Å². The average Bonchev–Trinajstić information content (AvgIpc) is 2.14. The van der Waals surface area contributed by atoms with Crippen LogP contribution in [0.2, 0.25) is 5.02 Å². The maximum absolute atomic E-state index is 5.90. The van der Waals surface area contributed by atoms with Gasteiger partial charge in [0.05, 0.1) is 0 Å². The summed E-state index contributed by atoms with van der Waals surface area (Å²) in [6.45, 7) is 5.37. The van der Waals surface area contributed by atoms with Crippen molar-refractivity contribution in [1.82, 2.24) is 5.32 Å². The zero-order valence-electron chi connectivity index (χ0n) is 8.18. The highest BCUT2D eigenvalue weighted by Crippen LogP contribution is 2.16. The van der Waals surface area contributed by atoms with Crippen molar-refractivity contribution in [1.29, 1.82) is 0 Å². The van der Waals surface area contributed by atoms with E-state index in [0.29, 0.717) is 6.04 Å². The summed E-state index contributed by atoms with van der Waals surface area (Å²) < 4.78 is 0. The van der Waals surface area contributed by atoms with Crippen LogP contribution in [0, 0.1) is 0 Å². The van der Waals surface area contributed by atoms with Crippen molar-refractivity contribution >= 4 is 11.6 Å². The van der Waals surface area contributed by atoms with Gasteiger partial charge in [-0.25, -0.2) is 0 Å². The Morgan fingerprint density at radius 2 is 2.23 bits per heavy atom. The monoisotopic (exact) mass is 197 g/mol. The van der Waals surface area contributed by atoms with Gasteiger partial charge in [-0.2, -0.15) is 0 Å². The van der Waals surface area contributed by atoms with Crippen LogP contribution >= 0.6 is 11.6 Å². The fourth-order valence-electron chi connectivity index (χ4n) is 1.25. The van der Waals surface area contributed by atoms with Gasteiger partial charge in [0.1, 0.15) is 0 Å². The zero-order valence-corrected chi connectivity index (χ0v) is 8.93. The van der Waals surface area contributed by atoms with E-state index in [1.165, 1.54) is 5.56 Å². The van der Waals surface area contributed by atoms with E-state index in [9.17, 15) is 0 Å². The molecule has 0 aromatic heterocycles. The summed E-state index contributed by atoms with van der Waals surface area (Å²) in [6.07, 6.45) is 1.16. The number of nitrogens with one attached hydrogen (secondary N) is 1. The third-order valence-corrected chi connectivity index (χ3v) is 2.28. The molecule has 72 valence electrons. The van der Waals surface area contributed by atoms with Gasteiger partial charge in [0, 0.05) is 11.1 Å². The second kappa shape index (κ2) is 5.25. The molecule has 0 heterocycles. The van der Waals surface area contributed by atoms with Crippen LogP contribution in [0.3, 0.4) is 0 Å². The highest BCUT2D eigenvalue weighted by molar-refractivity contribution is 6.30. The normalized spacial score (nSPS) is 12.8. The molecule has 0 spiro atoms. The Morgan fingerprint density at radius 1 is 1.46 bits per heavy atom. The summed E-state index contributed by atoms with van der Waals surface area (Å²) in [5.74, 6) is 0. The van der Waals surface area contributed by atoms with Gasteiger partial charge in [0.15, 0.2) is 0 Å². The first-order chi connectivity index (χ1) is 6.24. The Bertz CT molecular complexity index is 260. The van der Waals surface area contributed by atoms with Crippen LogP contribution in [0.15, 0.2) is 24.3 Å². The molecule has 0 aliphatic heterocycles. The lowest BCUT2D eigenvalue weighted by Crippen LogP contribution is -2.19. The van der Waals surface area contributed by atoms with Gasteiger partial charge < -0.3 is 5.32 Å². The van der Waals surface area contributed by atoms with E-state index in [1.807, 2.05) is 18.2 Å². The van der Waals surface area contributed by atoms with Crippen molar-refractivity contribution in [2.24, 2.45) is 0 Å². The zero-order chi connectivity index (χ0) is 9.68. The first-order valence-corrected chi connectivity index (χ1v) is 5.10. The topological polar surface area (TPSA) is 12.0 Å². The Labute approximate surface area is 85.1 Å². The van der Waals surface area contributed by atoms with Crippen LogP contribution in [0.4, 0.5) is 0 Å². The molecule has 2 heteroatoms. The first kappa shape index (κ1) is 10.6. The van der Waals surface area contributed by atoms with E-state index in [4.69, 9.17) is 11.6 Å². The lowest BCUT2D eigenvalue weighted by molar-refractivity contribution is 0.571. The molecular weight excluding hydrogens is 182 g/mol. The van der Waals surface area contributed by atoms with Crippen LogP contribution < -0.4 is 5.32 Å². The predicted octanol–water partition coefficient (Wildman–Crippen LogP) is 3.40. The van der Waals surface area contributed by atoms with Crippen LogP contribution in [-0.2, 0) is 0 Å². The fourth-order valence-corrected chi connectivity index (χ4v) is 1.45. The van der Waals surface area contributed by atoms with E-state index in [-0.39, 0.29) is 0 Å². The SMILES string of the molecule is CCCN[C@@H](C)c1cccc(Cl)c1. The Balaban J connectivity index is 2.60. The molecule has 0 radical (unpaired) electrons. The average molecular weight is 198 g/mol. The Morgan fingerprint density at radius 3 is 2.85 bits per heavy atom. The molecule has 0 bridgehead atoms.